The first kappa shape index (κ1) is 22.9. The third-order valence-corrected chi connectivity index (χ3v) is 5.70. The summed E-state index contributed by atoms with van der Waals surface area (Å²) >= 11 is 0. The summed E-state index contributed by atoms with van der Waals surface area (Å²) in [6.45, 7) is 8.51. The molecule has 2 heterocycles. The molecule has 0 aliphatic carbocycles. The summed E-state index contributed by atoms with van der Waals surface area (Å²) in [5.74, 6) is 0.960. The van der Waals surface area contributed by atoms with Crippen molar-refractivity contribution >= 4 is 11.6 Å². The minimum Gasteiger partial charge on any atom is -0.491 e. The molecule has 0 bridgehead atoms. The van der Waals surface area contributed by atoms with Gasteiger partial charge in [0, 0.05) is 25.2 Å². The largest absolute Gasteiger partial charge is 0.491 e. The van der Waals surface area contributed by atoms with Crippen LogP contribution in [0.25, 0.3) is 0 Å². The number of anilines is 1. The van der Waals surface area contributed by atoms with Crippen molar-refractivity contribution in [3.8, 4) is 5.75 Å². The van der Waals surface area contributed by atoms with Crippen LogP contribution in [-0.2, 0) is 6.54 Å². The minimum atomic E-state index is -0.478. The Morgan fingerprint density at radius 2 is 1.97 bits per heavy atom. The fraction of sp³-hybridized carbons (Fsp3) is 0.346. The molecule has 6 nitrogen and oxygen atoms in total. The van der Waals surface area contributed by atoms with Gasteiger partial charge in [-0.05, 0) is 63.6 Å². The highest BCUT2D eigenvalue weighted by atomic mass is 19.1. The van der Waals surface area contributed by atoms with Gasteiger partial charge in [-0.15, -0.1) is 0 Å². The quantitative estimate of drug-likeness (QED) is 0.554. The number of para-hydroxylation sites is 1. The number of aryl methyl sites for hydroxylation is 1. The van der Waals surface area contributed by atoms with Gasteiger partial charge in [0.05, 0.1) is 23.0 Å². The second-order valence-electron chi connectivity index (χ2n) is 8.69. The molecule has 1 aliphatic heterocycles. The van der Waals surface area contributed by atoms with Gasteiger partial charge in [0.25, 0.3) is 5.91 Å². The Kier molecular flexibility index (Phi) is 6.99. The van der Waals surface area contributed by atoms with E-state index in [2.05, 4.69) is 32.3 Å². The van der Waals surface area contributed by atoms with E-state index in [1.165, 1.54) is 17.7 Å². The molecule has 0 radical (unpaired) electrons. The van der Waals surface area contributed by atoms with Gasteiger partial charge in [-0.1, -0.05) is 24.3 Å². The molecule has 1 unspecified atom stereocenters. The number of ether oxygens (including phenoxy) is 1. The number of rotatable bonds is 7. The molecular weight excluding hydrogens is 419 g/mol. The van der Waals surface area contributed by atoms with Gasteiger partial charge in [0.15, 0.2) is 0 Å². The maximum absolute atomic E-state index is 13.8. The van der Waals surface area contributed by atoms with Gasteiger partial charge >= 0.3 is 0 Å². The van der Waals surface area contributed by atoms with E-state index in [0.29, 0.717) is 11.3 Å². The molecule has 3 aromatic rings. The van der Waals surface area contributed by atoms with Crippen LogP contribution in [0.15, 0.2) is 54.7 Å². The van der Waals surface area contributed by atoms with Crippen LogP contribution in [-0.4, -0.2) is 40.0 Å². The number of carbonyl (C=O) groups is 1. The second kappa shape index (κ2) is 10.1. The first-order valence-electron chi connectivity index (χ1n) is 11.3. The highest BCUT2D eigenvalue weighted by Crippen LogP contribution is 2.27. The van der Waals surface area contributed by atoms with E-state index in [1.54, 1.807) is 25.3 Å². The Labute approximate surface area is 193 Å². The SMILES string of the molecule is Cc1nc(C2CCN(Cc3ccc(OC(C)C)cc3)C2)ncc1C(=O)Nc1ccccc1F. The molecule has 7 heteroatoms. The van der Waals surface area contributed by atoms with Crippen LogP contribution in [0.3, 0.4) is 0 Å². The van der Waals surface area contributed by atoms with Crippen LogP contribution >= 0.6 is 0 Å². The number of hydrogen-bond acceptors (Lipinski definition) is 5. The van der Waals surface area contributed by atoms with Crippen LogP contribution in [0.1, 0.15) is 53.6 Å². The van der Waals surface area contributed by atoms with Gasteiger partial charge in [-0.2, -0.15) is 0 Å². The Bertz CT molecular complexity index is 1120. The number of likely N-dealkylation sites (tertiary alicyclic amines) is 1. The summed E-state index contributed by atoms with van der Waals surface area (Å²) in [5, 5.41) is 2.59. The number of benzene rings is 2. The normalized spacial score (nSPS) is 16.2. The maximum atomic E-state index is 13.8. The van der Waals surface area contributed by atoms with Crippen LogP contribution in [0, 0.1) is 12.7 Å². The van der Waals surface area contributed by atoms with E-state index >= 15 is 0 Å². The number of amides is 1. The summed E-state index contributed by atoms with van der Waals surface area (Å²) in [7, 11) is 0. The molecule has 0 spiro atoms. The monoisotopic (exact) mass is 448 g/mol. The number of nitrogens with one attached hydrogen (secondary N) is 1. The lowest BCUT2D eigenvalue weighted by atomic mass is 10.1. The summed E-state index contributed by atoms with van der Waals surface area (Å²) in [6.07, 6.45) is 2.68. The lowest BCUT2D eigenvalue weighted by Gasteiger charge is -2.17. The van der Waals surface area contributed by atoms with E-state index in [0.717, 1.165) is 37.6 Å². The number of carbonyl (C=O) groups excluding carboxylic acids is 1. The predicted octanol–water partition coefficient (Wildman–Crippen LogP) is 4.95. The molecule has 1 N–H and O–H groups in total. The average molecular weight is 449 g/mol. The van der Waals surface area contributed by atoms with Crippen molar-refractivity contribution in [2.45, 2.75) is 45.8 Å². The first-order valence-corrected chi connectivity index (χ1v) is 11.3. The third-order valence-electron chi connectivity index (χ3n) is 5.70. The lowest BCUT2D eigenvalue weighted by Crippen LogP contribution is -2.21. The smallest absolute Gasteiger partial charge is 0.259 e. The maximum Gasteiger partial charge on any atom is 0.259 e. The van der Waals surface area contributed by atoms with Crippen molar-refractivity contribution in [1.82, 2.24) is 14.9 Å². The number of aromatic nitrogens is 2. The zero-order valence-corrected chi connectivity index (χ0v) is 19.2. The summed E-state index contributed by atoms with van der Waals surface area (Å²) in [4.78, 5) is 24.1. The van der Waals surface area contributed by atoms with Crippen LogP contribution in [0.4, 0.5) is 10.1 Å². The summed E-state index contributed by atoms with van der Waals surface area (Å²) in [6, 6.07) is 14.3. The molecule has 1 saturated heterocycles. The Hall–Kier alpha value is -3.32. The van der Waals surface area contributed by atoms with Crippen molar-refractivity contribution in [2.75, 3.05) is 18.4 Å². The molecule has 4 rings (SSSR count). The molecule has 1 amide bonds. The van der Waals surface area contributed by atoms with Gasteiger partial charge in [-0.3, -0.25) is 9.69 Å². The Morgan fingerprint density at radius 1 is 1.21 bits per heavy atom. The Morgan fingerprint density at radius 3 is 2.67 bits per heavy atom. The minimum absolute atomic E-state index is 0.140. The van der Waals surface area contributed by atoms with E-state index in [9.17, 15) is 9.18 Å². The lowest BCUT2D eigenvalue weighted by molar-refractivity contribution is 0.102. The van der Waals surface area contributed by atoms with Crippen LogP contribution in [0.5, 0.6) is 5.75 Å². The van der Waals surface area contributed by atoms with Crippen molar-refractivity contribution in [1.29, 1.82) is 0 Å². The molecule has 33 heavy (non-hydrogen) atoms. The third kappa shape index (κ3) is 5.73. The molecule has 1 atom stereocenters. The Balaban J connectivity index is 1.36. The standard InChI is InChI=1S/C26H29FN4O2/c1-17(2)33-21-10-8-19(9-11-21)15-31-13-12-20(16-31)25-28-14-22(18(3)29-25)26(32)30-24-7-5-4-6-23(24)27/h4-11,14,17,20H,12-13,15-16H2,1-3H3,(H,30,32). The summed E-state index contributed by atoms with van der Waals surface area (Å²) in [5.41, 5.74) is 2.32. The van der Waals surface area contributed by atoms with E-state index in [-0.39, 0.29) is 17.7 Å². The van der Waals surface area contributed by atoms with Crippen LogP contribution in [0.2, 0.25) is 0 Å². The fourth-order valence-electron chi connectivity index (χ4n) is 4.05. The number of halogens is 1. The van der Waals surface area contributed by atoms with E-state index < -0.39 is 11.7 Å². The van der Waals surface area contributed by atoms with Crippen molar-refractivity contribution in [3.05, 3.63) is 83.2 Å². The van der Waals surface area contributed by atoms with Crippen molar-refractivity contribution in [2.24, 2.45) is 0 Å². The first-order chi connectivity index (χ1) is 15.9. The molecule has 0 saturated carbocycles. The predicted molar refractivity (Wildman–Crippen MR) is 126 cm³/mol. The zero-order valence-electron chi connectivity index (χ0n) is 19.2. The second-order valence-corrected chi connectivity index (χ2v) is 8.69. The highest BCUT2D eigenvalue weighted by molar-refractivity contribution is 6.04. The zero-order chi connectivity index (χ0) is 23.4. The number of nitrogens with zero attached hydrogens (tertiary/aromatic N) is 3. The molecule has 1 fully saturated rings. The molecular formula is C26H29FN4O2. The highest BCUT2D eigenvalue weighted by Gasteiger charge is 2.27. The van der Waals surface area contributed by atoms with Crippen molar-refractivity contribution < 1.29 is 13.9 Å². The van der Waals surface area contributed by atoms with Gasteiger partial charge in [0.1, 0.15) is 17.4 Å². The van der Waals surface area contributed by atoms with E-state index in [4.69, 9.17) is 4.74 Å². The topological polar surface area (TPSA) is 67.3 Å². The van der Waals surface area contributed by atoms with Crippen LogP contribution < -0.4 is 10.1 Å². The molecule has 1 aliphatic rings. The van der Waals surface area contributed by atoms with Gasteiger partial charge in [-0.25, -0.2) is 14.4 Å². The number of hydrogen-bond donors (Lipinski definition) is 1. The molecule has 2 aromatic carbocycles. The van der Waals surface area contributed by atoms with Crippen molar-refractivity contribution in [3.63, 3.8) is 0 Å². The fourth-order valence-corrected chi connectivity index (χ4v) is 4.05. The molecule has 1 aromatic heterocycles. The van der Waals surface area contributed by atoms with Gasteiger partial charge in [0.2, 0.25) is 0 Å². The van der Waals surface area contributed by atoms with E-state index in [1.807, 2.05) is 26.0 Å². The van der Waals surface area contributed by atoms with Gasteiger partial charge < -0.3 is 10.1 Å². The molecule has 172 valence electrons. The summed E-state index contributed by atoms with van der Waals surface area (Å²) < 4.78 is 19.6. The average Bonchev–Trinajstić information content (AvgIpc) is 3.25.